The zero-order chi connectivity index (χ0) is 10.4. The second-order valence-electron chi connectivity index (χ2n) is 4.35. The van der Waals surface area contributed by atoms with E-state index in [1.807, 2.05) is 6.92 Å². The number of rotatable bonds is 2. The van der Waals surface area contributed by atoms with Gasteiger partial charge in [-0.3, -0.25) is 9.05 Å². The molecular weight excluding hydrogens is 203 g/mol. The van der Waals surface area contributed by atoms with Gasteiger partial charge in [0.25, 0.3) is 0 Å². The maximum atomic E-state index is 12.1. The van der Waals surface area contributed by atoms with E-state index in [0.29, 0.717) is 19.3 Å². The van der Waals surface area contributed by atoms with Crippen LogP contribution >= 0.6 is 7.75 Å². The van der Waals surface area contributed by atoms with E-state index in [1.54, 1.807) is 4.67 Å². The minimum atomic E-state index is -2.97. The Hall–Kier alpha value is 0.0700. The van der Waals surface area contributed by atoms with Crippen LogP contribution in [0.1, 0.15) is 20.3 Å². The molecule has 2 N–H and O–H groups in total. The summed E-state index contributed by atoms with van der Waals surface area (Å²) in [6.07, 6.45) is 0.983. The third-order valence-electron chi connectivity index (χ3n) is 2.59. The third kappa shape index (κ3) is 1.88. The summed E-state index contributed by atoms with van der Waals surface area (Å²) in [6.45, 7) is 5.31. The van der Waals surface area contributed by atoms with Gasteiger partial charge in [0.05, 0.1) is 18.8 Å². The van der Waals surface area contributed by atoms with Crippen molar-refractivity contribution < 1.29 is 13.6 Å². The quantitative estimate of drug-likeness (QED) is 0.554. The van der Waals surface area contributed by atoms with Crippen molar-refractivity contribution in [2.24, 2.45) is 5.73 Å². The summed E-state index contributed by atoms with van der Waals surface area (Å²) in [4.78, 5) is 0. The van der Waals surface area contributed by atoms with Crippen LogP contribution in [0, 0.1) is 0 Å². The van der Waals surface area contributed by atoms with Crippen LogP contribution in [-0.2, 0) is 13.6 Å². The molecule has 0 spiro atoms. The van der Waals surface area contributed by atoms with Gasteiger partial charge in [-0.2, -0.15) is 0 Å². The van der Waals surface area contributed by atoms with Gasteiger partial charge in [0.15, 0.2) is 0 Å². The molecule has 2 heterocycles. The Morgan fingerprint density at radius 1 is 1.57 bits per heavy atom. The molecule has 5 nitrogen and oxygen atoms in total. The highest BCUT2D eigenvalue weighted by Crippen LogP contribution is 2.61. The zero-order valence-corrected chi connectivity index (χ0v) is 9.50. The SMILES string of the molecule is CCC1CN1P1(=O)OCC(C)(N)CO1. The lowest BCUT2D eigenvalue weighted by Crippen LogP contribution is -2.48. The molecule has 2 fully saturated rings. The van der Waals surface area contributed by atoms with Gasteiger partial charge in [0, 0.05) is 12.6 Å². The molecule has 2 saturated heterocycles. The first kappa shape index (κ1) is 10.6. The Morgan fingerprint density at radius 2 is 2.14 bits per heavy atom. The first-order chi connectivity index (χ1) is 6.47. The molecule has 0 aromatic carbocycles. The smallest absolute Gasteiger partial charge is 0.321 e. The lowest BCUT2D eigenvalue weighted by molar-refractivity contribution is 0.0670. The van der Waals surface area contributed by atoms with Crippen LogP contribution < -0.4 is 5.73 Å². The number of hydrogen-bond acceptors (Lipinski definition) is 4. The summed E-state index contributed by atoms with van der Waals surface area (Å²) in [5.41, 5.74) is 5.29. The lowest BCUT2D eigenvalue weighted by Gasteiger charge is -2.34. The Kier molecular flexibility index (Phi) is 2.48. The van der Waals surface area contributed by atoms with Crippen molar-refractivity contribution in [3.8, 4) is 0 Å². The second-order valence-corrected chi connectivity index (χ2v) is 6.32. The van der Waals surface area contributed by atoms with E-state index in [2.05, 4.69) is 6.92 Å². The predicted molar refractivity (Wildman–Crippen MR) is 52.9 cm³/mol. The van der Waals surface area contributed by atoms with Gasteiger partial charge in [-0.05, 0) is 13.3 Å². The van der Waals surface area contributed by atoms with E-state index in [4.69, 9.17) is 14.8 Å². The molecule has 2 atom stereocenters. The molecule has 0 aliphatic carbocycles. The highest BCUT2D eigenvalue weighted by molar-refractivity contribution is 7.51. The molecule has 0 saturated carbocycles. The topological polar surface area (TPSA) is 64.6 Å². The summed E-state index contributed by atoms with van der Waals surface area (Å²) >= 11 is 0. The van der Waals surface area contributed by atoms with Crippen molar-refractivity contribution in [2.45, 2.75) is 31.8 Å². The monoisotopic (exact) mass is 220 g/mol. The van der Waals surface area contributed by atoms with Gasteiger partial charge in [0.2, 0.25) is 0 Å². The average Bonchev–Trinajstić information content (AvgIpc) is 2.90. The van der Waals surface area contributed by atoms with E-state index in [9.17, 15) is 4.57 Å². The maximum Gasteiger partial charge on any atom is 0.408 e. The fraction of sp³-hybridized carbons (Fsp3) is 1.00. The minimum Gasteiger partial charge on any atom is -0.321 e. The lowest BCUT2D eigenvalue weighted by atomic mass is 10.1. The Morgan fingerprint density at radius 3 is 2.57 bits per heavy atom. The van der Waals surface area contributed by atoms with E-state index in [0.717, 1.165) is 13.0 Å². The molecule has 2 rings (SSSR count). The second kappa shape index (κ2) is 3.29. The van der Waals surface area contributed by atoms with Crippen LogP contribution in [0.3, 0.4) is 0 Å². The van der Waals surface area contributed by atoms with Crippen molar-refractivity contribution in [2.75, 3.05) is 19.8 Å². The van der Waals surface area contributed by atoms with Crippen LogP contribution in [0.2, 0.25) is 0 Å². The van der Waals surface area contributed by atoms with Gasteiger partial charge >= 0.3 is 7.75 Å². The predicted octanol–water partition coefficient (Wildman–Crippen LogP) is 0.953. The molecule has 0 aromatic rings. The van der Waals surface area contributed by atoms with Gasteiger partial charge in [0.1, 0.15) is 0 Å². The molecule has 82 valence electrons. The van der Waals surface area contributed by atoms with Crippen molar-refractivity contribution in [1.82, 2.24) is 4.67 Å². The van der Waals surface area contributed by atoms with Crippen LogP contribution in [0.15, 0.2) is 0 Å². The Labute approximate surface area is 84.1 Å². The van der Waals surface area contributed by atoms with Gasteiger partial charge in [-0.25, -0.2) is 9.24 Å². The fourth-order valence-corrected chi connectivity index (χ4v) is 3.73. The first-order valence-corrected chi connectivity index (χ1v) is 6.41. The highest BCUT2D eigenvalue weighted by atomic mass is 31.2. The average molecular weight is 220 g/mol. The zero-order valence-electron chi connectivity index (χ0n) is 8.60. The van der Waals surface area contributed by atoms with Crippen LogP contribution in [0.5, 0.6) is 0 Å². The van der Waals surface area contributed by atoms with Crippen LogP contribution in [0.4, 0.5) is 0 Å². The maximum absolute atomic E-state index is 12.1. The number of hydrogen-bond donors (Lipinski definition) is 1. The van der Waals surface area contributed by atoms with Crippen LogP contribution in [0.25, 0.3) is 0 Å². The standard InChI is InChI=1S/C8H17N2O3P/c1-3-7-4-10(7)14(11)12-5-8(2,9)6-13-14/h7H,3-6,9H2,1-2H3. The largest absolute Gasteiger partial charge is 0.408 e. The molecule has 0 radical (unpaired) electrons. The fourth-order valence-electron chi connectivity index (χ4n) is 1.49. The highest BCUT2D eigenvalue weighted by Gasteiger charge is 2.52. The van der Waals surface area contributed by atoms with Crippen LogP contribution in [-0.4, -0.2) is 36.0 Å². The Balaban J connectivity index is 1.97. The Bertz CT molecular complexity index is 268. The molecule has 0 bridgehead atoms. The molecular formula is C8H17N2O3P. The molecule has 6 heteroatoms. The minimum absolute atomic E-state index is 0.303. The normalized spacial score (nSPS) is 53.1. The molecule has 0 aromatic heterocycles. The van der Waals surface area contributed by atoms with E-state index < -0.39 is 13.3 Å². The molecule has 2 aliphatic heterocycles. The summed E-state index contributed by atoms with van der Waals surface area (Å²) in [7, 11) is -2.97. The first-order valence-electron chi connectivity index (χ1n) is 4.92. The van der Waals surface area contributed by atoms with Gasteiger partial charge < -0.3 is 5.73 Å². The van der Waals surface area contributed by atoms with Gasteiger partial charge in [-0.15, -0.1) is 0 Å². The molecule has 2 aliphatic rings. The van der Waals surface area contributed by atoms with Crippen molar-refractivity contribution in [3.05, 3.63) is 0 Å². The summed E-state index contributed by atoms with van der Waals surface area (Å²) in [5, 5.41) is 0. The van der Waals surface area contributed by atoms with E-state index in [1.165, 1.54) is 0 Å². The summed E-state index contributed by atoms with van der Waals surface area (Å²) < 4.78 is 24.4. The molecule has 2 unspecified atom stereocenters. The molecule has 0 amide bonds. The summed E-state index contributed by atoms with van der Waals surface area (Å²) in [6, 6.07) is 0.364. The number of nitrogens with two attached hydrogens (primary N) is 1. The molecule has 14 heavy (non-hydrogen) atoms. The van der Waals surface area contributed by atoms with E-state index >= 15 is 0 Å². The van der Waals surface area contributed by atoms with Crippen molar-refractivity contribution in [1.29, 1.82) is 0 Å². The van der Waals surface area contributed by atoms with Gasteiger partial charge in [-0.1, -0.05) is 6.92 Å². The van der Waals surface area contributed by atoms with Crippen molar-refractivity contribution >= 4 is 7.75 Å². The third-order valence-corrected chi connectivity index (χ3v) is 4.62. The van der Waals surface area contributed by atoms with Crippen molar-refractivity contribution in [3.63, 3.8) is 0 Å². The number of nitrogens with zero attached hydrogens (tertiary/aromatic N) is 1. The summed E-state index contributed by atoms with van der Waals surface area (Å²) in [5.74, 6) is 0. The van der Waals surface area contributed by atoms with E-state index in [-0.39, 0.29) is 0 Å².